The standard InChI is InChI=1S/C21H19N5O2S/c27-15-9-7-13(8-10-15)19-18-16(5-3-6-17(18)28)23-20-24-21(25-26(19)20)29-12-14-4-1-2-11-22-14/h1-2,4,7-11,19,27H,3,5-6,12H2,(H,23,24,25). The Kier molecular flexibility index (Phi) is 4.55. The molecule has 2 aliphatic rings. The topological polar surface area (TPSA) is 92.9 Å². The number of nitrogens with zero attached hydrogens (tertiary/aromatic N) is 4. The zero-order chi connectivity index (χ0) is 19.8. The van der Waals surface area contributed by atoms with Gasteiger partial charge in [0, 0.05) is 29.6 Å². The molecule has 0 fully saturated rings. The Morgan fingerprint density at radius 1 is 1.17 bits per heavy atom. The minimum Gasteiger partial charge on any atom is -0.508 e. The number of Topliss-reactive ketones (excluding diaryl/α,β-unsaturated/α-hetero) is 1. The first-order valence-electron chi connectivity index (χ1n) is 9.50. The lowest BCUT2D eigenvalue weighted by Crippen LogP contribution is -2.31. The van der Waals surface area contributed by atoms with Crippen LogP contribution in [0.2, 0.25) is 0 Å². The van der Waals surface area contributed by atoms with Crippen molar-refractivity contribution in [1.82, 2.24) is 19.7 Å². The van der Waals surface area contributed by atoms with Gasteiger partial charge in [0.15, 0.2) is 5.78 Å². The molecular weight excluding hydrogens is 386 g/mol. The van der Waals surface area contributed by atoms with Crippen LogP contribution in [0.5, 0.6) is 5.75 Å². The molecule has 0 bridgehead atoms. The van der Waals surface area contributed by atoms with Crippen LogP contribution in [0.3, 0.4) is 0 Å². The molecule has 0 saturated carbocycles. The third kappa shape index (κ3) is 3.40. The highest BCUT2D eigenvalue weighted by Gasteiger charge is 2.36. The van der Waals surface area contributed by atoms with Gasteiger partial charge in [-0.2, -0.15) is 4.98 Å². The summed E-state index contributed by atoms with van der Waals surface area (Å²) in [5.74, 6) is 1.64. The van der Waals surface area contributed by atoms with E-state index >= 15 is 0 Å². The van der Waals surface area contributed by atoms with Crippen molar-refractivity contribution in [2.45, 2.75) is 36.2 Å². The predicted octanol–water partition coefficient (Wildman–Crippen LogP) is 3.69. The zero-order valence-corrected chi connectivity index (χ0v) is 16.4. The van der Waals surface area contributed by atoms with Crippen molar-refractivity contribution in [2.24, 2.45) is 0 Å². The van der Waals surface area contributed by atoms with Crippen LogP contribution in [0.4, 0.5) is 5.95 Å². The van der Waals surface area contributed by atoms with Gasteiger partial charge in [0.25, 0.3) is 0 Å². The number of carbonyl (C=O) groups excluding carboxylic acids is 1. The summed E-state index contributed by atoms with van der Waals surface area (Å²) in [5, 5.41) is 18.3. The number of rotatable bonds is 4. The Hall–Kier alpha value is -3.13. The second kappa shape index (κ2) is 7.36. The normalized spacial score (nSPS) is 18.2. The summed E-state index contributed by atoms with van der Waals surface area (Å²) in [7, 11) is 0. The van der Waals surface area contributed by atoms with Gasteiger partial charge >= 0.3 is 0 Å². The number of benzene rings is 1. The van der Waals surface area contributed by atoms with Gasteiger partial charge in [-0.15, -0.1) is 5.10 Å². The van der Waals surface area contributed by atoms with E-state index in [1.807, 2.05) is 30.3 Å². The fourth-order valence-corrected chi connectivity index (χ4v) is 4.53. The molecule has 2 N–H and O–H groups in total. The average Bonchev–Trinajstić information content (AvgIpc) is 3.15. The molecule has 1 aliphatic carbocycles. The lowest BCUT2D eigenvalue weighted by Gasteiger charge is -2.32. The van der Waals surface area contributed by atoms with Crippen molar-refractivity contribution >= 4 is 23.5 Å². The van der Waals surface area contributed by atoms with Crippen LogP contribution in [0, 0.1) is 0 Å². The van der Waals surface area contributed by atoms with E-state index in [0.29, 0.717) is 23.3 Å². The molecule has 1 aliphatic heterocycles. The number of nitrogens with one attached hydrogen (secondary N) is 1. The molecule has 2 aromatic heterocycles. The zero-order valence-electron chi connectivity index (χ0n) is 15.6. The summed E-state index contributed by atoms with van der Waals surface area (Å²) in [6.07, 6.45) is 3.97. The molecule has 0 saturated heterocycles. The summed E-state index contributed by atoms with van der Waals surface area (Å²) >= 11 is 1.51. The summed E-state index contributed by atoms with van der Waals surface area (Å²) < 4.78 is 1.79. The van der Waals surface area contributed by atoms with Crippen molar-refractivity contribution in [3.05, 3.63) is 71.2 Å². The molecule has 0 spiro atoms. The Morgan fingerprint density at radius 3 is 2.83 bits per heavy atom. The SMILES string of the molecule is O=C1CCCC2=C1C(c1ccc(O)cc1)n1nc(SCc3ccccn3)nc1N2. The van der Waals surface area contributed by atoms with Crippen molar-refractivity contribution in [2.75, 3.05) is 5.32 Å². The minimum atomic E-state index is -0.341. The minimum absolute atomic E-state index is 0.140. The van der Waals surface area contributed by atoms with Gasteiger partial charge in [0.05, 0.1) is 5.69 Å². The molecule has 5 rings (SSSR count). The van der Waals surface area contributed by atoms with Crippen LogP contribution < -0.4 is 5.32 Å². The quantitative estimate of drug-likeness (QED) is 0.640. The van der Waals surface area contributed by atoms with Crippen LogP contribution in [0.1, 0.15) is 36.6 Å². The van der Waals surface area contributed by atoms with E-state index in [1.165, 1.54) is 11.8 Å². The molecule has 0 amide bonds. The molecule has 3 heterocycles. The third-order valence-corrected chi connectivity index (χ3v) is 6.00. The highest BCUT2D eigenvalue weighted by Crippen LogP contribution is 2.40. The summed E-state index contributed by atoms with van der Waals surface area (Å²) in [4.78, 5) is 21.8. The molecule has 0 radical (unpaired) electrons. The van der Waals surface area contributed by atoms with Crippen molar-refractivity contribution in [1.29, 1.82) is 0 Å². The van der Waals surface area contributed by atoms with Crippen LogP contribution in [-0.4, -0.2) is 30.6 Å². The third-order valence-electron chi connectivity index (χ3n) is 5.13. The first-order chi connectivity index (χ1) is 14.2. The highest BCUT2D eigenvalue weighted by atomic mass is 32.2. The number of hydrogen-bond acceptors (Lipinski definition) is 7. The molecule has 7 nitrogen and oxygen atoms in total. The lowest BCUT2D eigenvalue weighted by molar-refractivity contribution is -0.116. The van der Waals surface area contributed by atoms with Gasteiger partial charge < -0.3 is 10.4 Å². The van der Waals surface area contributed by atoms with Crippen LogP contribution >= 0.6 is 11.8 Å². The number of thioether (sulfide) groups is 1. The Morgan fingerprint density at radius 2 is 2.03 bits per heavy atom. The Labute approximate surface area is 171 Å². The average molecular weight is 405 g/mol. The molecule has 146 valence electrons. The first-order valence-corrected chi connectivity index (χ1v) is 10.5. The maximum atomic E-state index is 12.8. The maximum Gasteiger partial charge on any atom is 0.227 e. The monoisotopic (exact) mass is 405 g/mol. The molecular formula is C21H19N5O2S. The number of anilines is 1. The molecule has 3 aromatic rings. The number of carbonyl (C=O) groups is 1. The van der Waals surface area contributed by atoms with Crippen molar-refractivity contribution in [3.8, 4) is 5.75 Å². The number of aromatic hydroxyl groups is 1. The number of hydrogen-bond donors (Lipinski definition) is 2. The van der Waals surface area contributed by atoms with Gasteiger partial charge in [0.1, 0.15) is 11.8 Å². The van der Waals surface area contributed by atoms with E-state index in [1.54, 1.807) is 23.0 Å². The molecule has 8 heteroatoms. The fraction of sp³-hybridized carbons (Fsp3) is 0.238. The van der Waals surface area contributed by atoms with Gasteiger partial charge in [-0.3, -0.25) is 9.78 Å². The van der Waals surface area contributed by atoms with E-state index in [-0.39, 0.29) is 17.6 Å². The maximum absolute atomic E-state index is 12.8. The van der Waals surface area contributed by atoms with Crippen LogP contribution in [0.15, 0.2) is 65.1 Å². The summed E-state index contributed by atoms with van der Waals surface area (Å²) in [6.45, 7) is 0. The van der Waals surface area contributed by atoms with Crippen LogP contribution in [-0.2, 0) is 10.5 Å². The number of ketones is 1. The molecule has 1 aromatic carbocycles. The second-order valence-corrected chi connectivity index (χ2v) is 8.00. The first kappa shape index (κ1) is 17.9. The van der Waals surface area contributed by atoms with E-state index in [2.05, 4.69) is 15.3 Å². The highest BCUT2D eigenvalue weighted by molar-refractivity contribution is 7.98. The lowest BCUT2D eigenvalue weighted by atomic mass is 9.85. The van der Waals surface area contributed by atoms with Gasteiger partial charge in [-0.25, -0.2) is 4.68 Å². The fourth-order valence-electron chi connectivity index (χ4n) is 3.78. The Balaban J connectivity index is 1.52. The summed E-state index contributed by atoms with van der Waals surface area (Å²) in [6, 6.07) is 12.4. The van der Waals surface area contributed by atoms with Crippen LogP contribution in [0.25, 0.3) is 0 Å². The largest absolute Gasteiger partial charge is 0.508 e. The Bertz CT molecular complexity index is 1090. The van der Waals surface area contributed by atoms with Gasteiger partial charge in [-0.1, -0.05) is 30.0 Å². The summed E-state index contributed by atoms with van der Waals surface area (Å²) in [5.41, 5.74) is 3.54. The second-order valence-electron chi connectivity index (χ2n) is 7.06. The van der Waals surface area contributed by atoms with Gasteiger partial charge in [0.2, 0.25) is 11.1 Å². The van der Waals surface area contributed by atoms with Crippen molar-refractivity contribution in [3.63, 3.8) is 0 Å². The van der Waals surface area contributed by atoms with Gasteiger partial charge in [-0.05, 0) is 42.7 Å². The van der Waals surface area contributed by atoms with E-state index < -0.39 is 0 Å². The smallest absolute Gasteiger partial charge is 0.227 e. The number of phenolic OH excluding ortho intramolecular Hbond substituents is 1. The number of aromatic nitrogens is 4. The number of fused-ring (bicyclic) bond motifs is 1. The molecule has 29 heavy (non-hydrogen) atoms. The molecule has 1 unspecified atom stereocenters. The van der Waals surface area contributed by atoms with E-state index in [4.69, 9.17) is 5.10 Å². The molecule has 1 atom stereocenters. The number of allylic oxidation sites excluding steroid dienone is 2. The van der Waals surface area contributed by atoms with E-state index in [9.17, 15) is 9.90 Å². The predicted molar refractivity (Wildman–Crippen MR) is 110 cm³/mol. The van der Waals surface area contributed by atoms with E-state index in [0.717, 1.165) is 35.4 Å². The number of phenols is 1. The van der Waals surface area contributed by atoms with Crippen molar-refractivity contribution < 1.29 is 9.90 Å². The number of pyridine rings is 1.